The monoisotopic (exact) mass is 415 g/mol. The van der Waals surface area contributed by atoms with Gasteiger partial charge in [-0.2, -0.15) is 0 Å². The summed E-state index contributed by atoms with van der Waals surface area (Å²) in [6.07, 6.45) is 3.40. The van der Waals surface area contributed by atoms with Gasteiger partial charge in [0.05, 0.1) is 12.7 Å². The highest BCUT2D eigenvalue weighted by molar-refractivity contribution is 5.98. The molecule has 0 unspecified atom stereocenters. The standard InChI is InChI=1S/C23H33N3O4/c1-4-26(5-2)11-10-24-21(27)19-12-16-7-6-15(19)14-23(16)25-22(28)18-9-8-17(29-3)13-20(18)30-23/h8-9,13,15-16,19H,4-7,10-12,14H2,1-3H3,(H,24,27)(H,25,28)/t15-,16+,19+,23+/m0/s1. The third-order valence-electron chi connectivity index (χ3n) is 7.23. The van der Waals surface area contributed by atoms with Crippen LogP contribution >= 0.6 is 0 Å². The number of nitrogens with zero attached hydrogens (tertiary/aromatic N) is 1. The van der Waals surface area contributed by atoms with Crippen molar-refractivity contribution in [3.8, 4) is 11.5 Å². The molecule has 1 aromatic carbocycles. The molecule has 30 heavy (non-hydrogen) atoms. The summed E-state index contributed by atoms with van der Waals surface area (Å²) in [4.78, 5) is 28.0. The van der Waals surface area contributed by atoms with E-state index >= 15 is 0 Å². The number of carbonyl (C=O) groups is 2. The van der Waals surface area contributed by atoms with Crippen LogP contribution in [-0.4, -0.2) is 55.7 Å². The van der Waals surface area contributed by atoms with Crippen molar-refractivity contribution in [2.24, 2.45) is 17.8 Å². The second-order valence-corrected chi connectivity index (χ2v) is 8.71. The summed E-state index contributed by atoms with van der Waals surface area (Å²) in [6, 6.07) is 5.30. The molecule has 4 aliphatic rings. The van der Waals surface area contributed by atoms with E-state index < -0.39 is 5.72 Å². The first-order valence-corrected chi connectivity index (χ1v) is 11.2. The molecular weight excluding hydrogens is 382 g/mol. The number of nitrogens with one attached hydrogen (secondary N) is 2. The first-order valence-electron chi connectivity index (χ1n) is 11.2. The lowest BCUT2D eigenvalue weighted by Gasteiger charge is -2.55. The number of ether oxygens (including phenoxy) is 2. The van der Waals surface area contributed by atoms with Crippen LogP contribution in [0.5, 0.6) is 11.5 Å². The van der Waals surface area contributed by atoms with Gasteiger partial charge in [0.15, 0.2) is 5.72 Å². The number of likely N-dealkylation sites (N-methyl/N-ethyl adjacent to an activating group) is 1. The van der Waals surface area contributed by atoms with Crippen molar-refractivity contribution in [1.82, 2.24) is 15.5 Å². The lowest BCUT2D eigenvalue weighted by atomic mass is 9.60. The molecular formula is C23H33N3O4. The summed E-state index contributed by atoms with van der Waals surface area (Å²) in [7, 11) is 1.60. The number of carbonyl (C=O) groups excluding carboxylic acids is 2. The number of hydrogen-bond acceptors (Lipinski definition) is 5. The van der Waals surface area contributed by atoms with E-state index in [9.17, 15) is 9.59 Å². The Kier molecular flexibility index (Phi) is 5.91. The quantitative estimate of drug-likeness (QED) is 0.715. The van der Waals surface area contributed by atoms with Crippen LogP contribution in [0.2, 0.25) is 0 Å². The summed E-state index contributed by atoms with van der Waals surface area (Å²) in [6.45, 7) is 7.81. The Morgan fingerprint density at radius 2 is 2.13 bits per heavy atom. The number of rotatable bonds is 7. The molecule has 0 radical (unpaired) electrons. The van der Waals surface area contributed by atoms with Crippen molar-refractivity contribution >= 4 is 11.8 Å². The van der Waals surface area contributed by atoms with Crippen molar-refractivity contribution in [2.75, 3.05) is 33.3 Å². The van der Waals surface area contributed by atoms with Crippen molar-refractivity contribution < 1.29 is 19.1 Å². The Morgan fingerprint density at radius 3 is 2.80 bits per heavy atom. The fraction of sp³-hybridized carbons (Fsp3) is 0.652. The second-order valence-electron chi connectivity index (χ2n) is 8.71. The molecule has 0 saturated heterocycles. The van der Waals surface area contributed by atoms with Crippen LogP contribution in [0.3, 0.4) is 0 Å². The van der Waals surface area contributed by atoms with E-state index in [1.54, 1.807) is 25.3 Å². The molecule has 1 aromatic rings. The van der Waals surface area contributed by atoms with Crippen molar-refractivity contribution in [1.29, 1.82) is 0 Å². The lowest BCUT2D eigenvalue weighted by Crippen LogP contribution is -2.67. The molecule has 0 aromatic heterocycles. The van der Waals surface area contributed by atoms with Crippen LogP contribution in [0, 0.1) is 17.8 Å². The Hall–Kier alpha value is -2.28. The maximum atomic E-state index is 12.9. The van der Waals surface area contributed by atoms with Crippen LogP contribution in [-0.2, 0) is 4.79 Å². The van der Waals surface area contributed by atoms with Gasteiger partial charge in [0.1, 0.15) is 11.5 Å². The number of hydrogen-bond donors (Lipinski definition) is 2. The van der Waals surface area contributed by atoms with Gasteiger partial charge >= 0.3 is 0 Å². The summed E-state index contributed by atoms with van der Waals surface area (Å²) in [5.74, 6) is 1.64. The van der Waals surface area contributed by atoms with Crippen LogP contribution in [0.15, 0.2) is 18.2 Å². The molecule has 1 heterocycles. The van der Waals surface area contributed by atoms with E-state index in [2.05, 4.69) is 29.4 Å². The molecule has 4 atom stereocenters. The van der Waals surface area contributed by atoms with Crippen LogP contribution < -0.4 is 20.1 Å². The highest BCUT2D eigenvalue weighted by Crippen LogP contribution is 2.52. The number of methoxy groups -OCH3 is 1. The summed E-state index contributed by atoms with van der Waals surface area (Å²) >= 11 is 0. The molecule has 3 fully saturated rings. The van der Waals surface area contributed by atoms with Crippen LogP contribution in [0.1, 0.15) is 49.9 Å². The van der Waals surface area contributed by atoms with Gasteiger partial charge in [0.25, 0.3) is 5.91 Å². The molecule has 1 spiro atoms. The van der Waals surface area contributed by atoms with Gasteiger partial charge in [-0.25, -0.2) is 0 Å². The maximum absolute atomic E-state index is 12.9. The largest absolute Gasteiger partial charge is 0.497 e. The van der Waals surface area contributed by atoms with Gasteiger partial charge in [0, 0.05) is 37.4 Å². The van der Waals surface area contributed by atoms with E-state index in [0.29, 0.717) is 30.0 Å². The Balaban J connectivity index is 1.44. The minimum Gasteiger partial charge on any atom is -0.497 e. The topological polar surface area (TPSA) is 79.9 Å². The Morgan fingerprint density at radius 1 is 1.33 bits per heavy atom. The predicted octanol–water partition coefficient (Wildman–Crippen LogP) is 2.41. The third kappa shape index (κ3) is 3.75. The minimum absolute atomic E-state index is 0.00159. The molecule has 7 nitrogen and oxygen atoms in total. The fourth-order valence-corrected chi connectivity index (χ4v) is 5.45. The van der Waals surface area contributed by atoms with Gasteiger partial charge in [-0.1, -0.05) is 13.8 Å². The molecule has 1 aliphatic heterocycles. The first-order chi connectivity index (χ1) is 14.5. The SMILES string of the molecule is CCN(CC)CCNC(=O)[C@@H]1C[C@H]2CC[C@H]1C[C@]21NC(=O)c2ccc(OC)cc2O1. The summed E-state index contributed by atoms with van der Waals surface area (Å²) in [5.41, 5.74) is -0.175. The zero-order valence-corrected chi connectivity index (χ0v) is 18.2. The minimum atomic E-state index is -0.711. The van der Waals surface area contributed by atoms with Gasteiger partial charge in [-0.05, 0) is 50.4 Å². The van der Waals surface area contributed by atoms with E-state index in [-0.39, 0.29) is 29.6 Å². The lowest BCUT2D eigenvalue weighted by molar-refractivity contribution is -0.146. The van der Waals surface area contributed by atoms with Crippen LogP contribution in [0.4, 0.5) is 0 Å². The van der Waals surface area contributed by atoms with Crippen LogP contribution in [0.25, 0.3) is 0 Å². The zero-order valence-electron chi connectivity index (χ0n) is 18.2. The average molecular weight is 416 g/mol. The van der Waals surface area contributed by atoms with E-state index in [1.165, 1.54) is 0 Å². The number of amides is 2. The number of fused-ring (bicyclic) bond motifs is 3. The molecule has 164 valence electrons. The Labute approximate surface area is 178 Å². The first kappa shape index (κ1) is 21.0. The molecule has 2 N–H and O–H groups in total. The zero-order chi connectivity index (χ0) is 21.3. The summed E-state index contributed by atoms with van der Waals surface area (Å²) < 4.78 is 11.7. The summed E-state index contributed by atoms with van der Waals surface area (Å²) in [5, 5.41) is 6.29. The molecule has 3 saturated carbocycles. The smallest absolute Gasteiger partial charge is 0.258 e. The van der Waals surface area contributed by atoms with E-state index in [0.717, 1.165) is 38.9 Å². The highest BCUT2D eigenvalue weighted by Gasteiger charge is 2.57. The normalized spacial score (nSPS) is 29.3. The molecule has 5 rings (SSSR count). The van der Waals surface area contributed by atoms with Crippen molar-refractivity contribution in [3.63, 3.8) is 0 Å². The molecule has 2 bridgehead atoms. The van der Waals surface area contributed by atoms with Gasteiger partial charge in [-0.3, -0.25) is 9.59 Å². The predicted molar refractivity (Wildman–Crippen MR) is 114 cm³/mol. The van der Waals surface area contributed by atoms with Gasteiger partial charge in [0.2, 0.25) is 5.91 Å². The van der Waals surface area contributed by atoms with Crippen molar-refractivity contribution in [2.45, 2.75) is 45.3 Å². The third-order valence-corrected chi connectivity index (χ3v) is 7.23. The second kappa shape index (κ2) is 8.46. The Bertz CT molecular complexity index is 810. The van der Waals surface area contributed by atoms with E-state index in [4.69, 9.17) is 9.47 Å². The number of benzene rings is 1. The van der Waals surface area contributed by atoms with Gasteiger partial charge in [-0.15, -0.1) is 0 Å². The van der Waals surface area contributed by atoms with E-state index in [1.807, 2.05) is 0 Å². The molecule has 2 amide bonds. The fourth-order valence-electron chi connectivity index (χ4n) is 5.45. The highest BCUT2D eigenvalue weighted by atomic mass is 16.5. The molecule has 7 heteroatoms. The van der Waals surface area contributed by atoms with Crippen molar-refractivity contribution in [3.05, 3.63) is 23.8 Å². The average Bonchev–Trinajstić information content (AvgIpc) is 2.76. The maximum Gasteiger partial charge on any atom is 0.258 e. The van der Waals surface area contributed by atoms with Gasteiger partial charge < -0.3 is 25.0 Å². The molecule has 3 aliphatic carbocycles.